The smallest absolute Gasteiger partial charge is 0.159 e. The van der Waals surface area contributed by atoms with Crippen molar-refractivity contribution in [2.45, 2.75) is 57.8 Å². The highest BCUT2D eigenvalue weighted by Gasteiger charge is 2.52. The van der Waals surface area contributed by atoms with Gasteiger partial charge < -0.3 is 4.74 Å². The lowest BCUT2D eigenvalue weighted by atomic mass is 9.65. The summed E-state index contributed by atoms with van der Waals surface area (Å²) >= 11 is 0. The van der Waals surface area contributed by atoms with Gasteiger partial charge in [0.2, 0.25) is 0 Å². The summed E-state index contributed by atoms with van der Waals surface area (Å²) in [4.78, 5) is 20.4. The fraction of sp³-hybridized carbons (Fsp3) is 0.0857. The van der Waals surface area contributed by atoms with E-state index in [-0.39, 0.29) is 10.8 Å². The van der Waals surface area contributed by atoms with E-state index in [2.05, 4.69) is 369 Å². The molecule has 0 N–H and O–H groups in total. The van der Waals surface area contributed by atoms with Crippen LogP contribution in [-0.2, 0) is 16.2 Å². The van der Waals surface area contributed by atoms with Gasteiger partial charge in [0, 0.05) is 58.2 Å². The van der Waals surface area contributed by atoms with Crippen LogP contribution in [0.4, 0.5) is 0 Å². The summed E-state index contributed by atoms with van der Waals surface area (Å²) in [5, 5.41) is 9.32. The molecule has 0 saturated heterocycles. The Bertz CT molecular complexity index is 6190. The first kappa shape index (κ1) is 66.0. The maximum absolute atomic E-state index is 7.93. The summed E-state index contributed by atoms with van der Waals surface area (Å²) in [6.07, 6.45) is 7.95. The minimum Gasteiger partial charge on any atom is -0.457 e. The molecule has 0 atom stereocenters. The van der Waals surface area contributed by atoms with Crippen LogP contribution in [0.1, 0.15) is 74.9 Å². The molecule has 0 unspecified atom stereocenters. The van der Waals surface area contributed by atoms with Crippen molar-refractivity contribution in [2.24, 2.45) is 0 Å². The Morgan fingerprint density at radius 3 is 0.845 bits per heavy atom. The Hall–Kier alpha value is -13.5. The summed E-state index contributed by atoms with van der Waals surface area (Å²) in [5.41, 5.74) is 27.9. The highest BCUT2D eigenvalue weighted by molar-refractivity contribution is 6.24. The molecule has 0 saturated carbocycles. The van der Waals surface area contributed by atoms with Gasteiger partial charge in [-0.3, -0.25) is 0 Å². The number of hydrogen-bond acceptors (Lipinski definition) is 5. The molecule has 2 aliphatic rings. The van der Waals surface area contributed by atoms with E-state index in [0.29, 0.717) is 11.6 Å². The fourth-order valence-corrected chi connectivity index (χ4v) is 17.8. The molecule has 110 heavy (non-hydrogen) atoms. The molecule has 2 aromatic heterocycles. The molecule has 0 amide bonds. The predicted octanol–water partition coefficient (Wildman–Crippen LogP) is 27.6. The molecule has 0 radical (unpaired) electrons. The molecule has 18 aromatic rings. The number of aromatic nitrogens is 4. The van der Waals surface area contributed by atoms with Crippen molar-refractivity contribution in [3.05, 3.63) is 386 Å². The molecule has 3 heterocycles. The number of benzene rings is 16. The largest absolute Gasteiger partial charge is 0.457 e. The Labute approximate surface area is 641 Å². The third-order valence-electron chi connectivity index (χ3n) is 23.1. The van der Waals surface area contributed by atoms with E-state index in [1.807, 2.05) is 24.8 Å². The maximum Gasteiger partial charge on any atom is 0.159 e. The van der Waals surface area contributed by atoms with Gasteiger partial charge in [0.05, 0.1) is 5.41 Å². The van der Waals surface area contributed by atoms with Gasteiger partial charge in [0.25, 0.3) is 0 Å². The van der Waals surface area contributed by atoms with Gasteiger partial charge in [-0.15, -0.1) is 0 Å². The summed E-state index contributed by atoms with van der Waals surface area (Å²) in [7, 11) is 0. The van der Waals surface area contributed by atoms with E-state index >= 15 is 0 Å². The zero-order valence-electron chi connectivity index (χ0n) is 62.2. The predicted molar refractivity (Wildman–Crippen MR) is 457 cm³/mol. The van der Waals surface area contributed by atoms with Crippen LogP contribution in [0.15, 0.2) is 352 Å². The molecule has 5 nitrogen and oxygen atoms in total. The third kappa shape index (κ3) is 10.8. The number of ether oxygens (including phenoxy) is 1. The van der Waals surface area contributed by atoms with Crippen LogP contribution in [-0.4, -0.2) is 19.9 Å². The summed E-state index contributed by atoms with van der Waals surface area (Å²) in [6.45, 7) is 13.5. The lowest BCUT2D eigenvalue weighted by Crippen LogP contribution is -2.32. The highest BCUT2D eigenvalue weighted by atomic mass is 16.5. The molecular weight excluding hydrogens is 1330 g/mol. The van der Waals surface area contributed by atoms with E-state index in [0.717, 1.165) is 122 Å². The normalized spacial score (nSPS) is 12.8. The standard InChI is InChI=1S/C105H76N4O/c1-103(2,3)75-49-41-67(42-50-75)101-106-61-73(62-107-101)69-45-53-79-80-54-46-70(74-63-108-102(109-64-74)68-43-51-76(52-44-68)104(4,5)6)58-94(80)105(93(79)57-69)91-55-47-71(97-83-33-17-21-37-87(83)99(88-38-22-18-34-84(88)97)81-31-15-13-29-77(81)65-25-9-7-10-26-65)59-95(91)110-96-60-72(48-56-92(96)105)98-85-35-19-23-39-89(85)100(90-40-24-20-36-86(90)98)82-32-16-14-30-78(82)66-27-11-8-12-28-66/h7-64H,1-6H3. The zero-order valence-corrected chi connectivity index (χ0v) is 62.2. The second-order valence-corrected chi connectivity index (χ2v) is 31.5. The van der Waals surface area contributed by atoms with Crippen molar-refractivity contribution in [2.75, 3.05) is 0 Å². The van der Waals surface area contributed by atoms with E-state index < -0.39 is 5.41 Å². The van der Waals surface area contributed by atoms with E-state index in [1.165, 1.54) is 77.2 Å². The van der Waals surface area contributed by atoms with Crippen molar-refractivity contribution in [1.29, 1.82) is 0 Å². The van der Waals surface area contributed by atoms with Crippen LogP contribution in [0.2, 0.25) is 0 Å². The molecule has 20 rings (SSSR count). The van der Waals surface area contributed by atoms with Gasteiger partial charge in [-0.05, 0) is 189 Å². The van der Waals surface area contributed by atoms with Gasteiger partial charge in [-0.1, -0.05) is 345 Å². The van der Waals surface area contributed by atoms with Gasteiger partial charge in [0.1, 0.15) is 11.5 Å². The number of fused-ring (bicyclic) bond motifs is 13. The summed E-state index contributed by atoms with van der Waals surface area (Å²) in [6, 6.07) is 121. The Morgan fingerprint density at radius 2 is 0.509 bits per heavy atom. The lowest BCUT2D eigenvalue weighted by molar-refractivity contribution is 0.437. The van der Waals surface area contributed by atoms with Gasteiger partial charge in [-0.25, -0.2) is 19.9 Å². The molecule has 1 spiro atoms. The second kappa shape index (κ2) is 25.9. The molecule has 0 fully saturated rings. The highest BCUT2D eigenvalue weighted by Crippen LogP contribution is 2.64. The van der Waals surface area contributed by atoms with E-state index in [9.17, 15) is 0 Å². The molecule has 16 aromatic carbocycles. The average Bonchev–Trinajstić information content (AvgIpc) is 1.48. The average molecular weight is 1410 g/mol. The Kier molecular flexibility index (Phi) is 15.5. The molecule has 522 valence electrons. The lowest BCUT2D eigenvalue weighted by Gasteiger charge is -2.40. The first-order chi connectivity index (χ1) is 53.8. The molecule has 1 aliphatic heterocycles. The monoisotopic (exact) mass is 1410 g/mol. The van der Waals surface area contributed by atoms with Crippen LogP contribution in [0.5, 0.6) is 11.5 Å². The Morgan fingerprint density at radius 1 is 0.218 bits per heavy atom. The van der Waals surface area contributed by atoms with Gasteiger partial charge in [-0.2, -0.15) is 0 Å². The minimum atomic E-state index is -0.966. The fourth-order valence-electron chi connectivity index (χ4n) is 17.8. The van der Waals surface area contributed by atoms with Crippen molar-refractivity contribution < 1.29 is 4.74 Å². The summed E-state index contributed by atoms with van der Waals surface area (Å²) in [5.74, 6) is 2.90. The molecule has 0 bridgehead atoms. The van der Waals surface area contributed by atoms with Crippen molar-refractivity contribution in [1.82, 2.24) is 19.9 Å². The SMILES string of the molecule is CC(C)(C)c1ccc(-c2ncc(-c3ccc4c(c3)C3(c5ccc(-c6c7ccccc7c(-c7ccccc7-c7ccccc7)c7ccccc67)cc5Oc5cc(-c6c7ccccc7c(-c7ccccc7-c7ccccc7)c7ccccc67)ccc53)c3cc(-c5cnc(-c6ccc(C(C)(C)C)cc6)nc5)ccc3-4)cn2)cc1. The number of rotatable bonds is 10. The second-order valence-electron chi connectivity index (χ2n) is 31.5. The van der Waals surface area contributed by atoms with Gasteiger partial charge >= 0.3 is 0 Å². The van der Waals surface area contributed by atoms with Crippen LogP contribution in [0.3, 0.4) is 0 Å². The van der Waals surface area contributed by atoms with Crippen molar-refractivity contribution in [3.63, 3.8) is 0 Å². The first-order valence-corrected chi connectivity index (χ1v) is 38.1. The van der Waals surface area contributed by atoms with E-state index in [4.69, 9.17) is 24.7 Å². The zero-order chi connectivity index (χ0) is 74.0. The first-order valence-electron chi connectivity index (χ1n) is 38.1. The van der Waals surface area contributed by atoms with E-state index in [1.54, 1.807) is 0 Å². The van der Waals surface area contributed by atoms with Crippen LogP contribution in [0.25, 0.3) is 166 Å². The minimum absolute atomic E-state index is 0.0193. The number of hydrogen-bond donors (Lipinski definition) is 0. The van der Waals surface area contributed by atoms with Gasteiger partial charge in [0.15, 0.2) is 11.6 Å². The molecule has 1 aliphatic carbocycles. The van der Waals surface area contributed by atoms with Crippen LogP contribution < -0.4 is 4.74 Å². The van der Waals surface area contributed by atoms with Crippen molar-refractivity contribution >= 4 is 43.1 Å². The topological polar surface area (TPSA) is 60.8 Å². The maximum atomic E-state index is 7.93. The van der Waals surface area contributed by atoms with Crippen molar-refractivity contribution in [3.8, 4) is 134 Å². The quantitative estimate of drug-likeness (QED) is 0.128. The van der Waals surface area contributed by atoms with Crippen LogP contribution in [0, 0.1) is 0 Å². The molecular formula is C105H76N4O. The summed E-state index contributed by atoms with van der Waals surface area (Å²) < 4.78 is 7.93. The molecule has 5 heteroatoms. The number of nitrogens with zero attached hydrogens (tertiary/aromatic N) is 4. The third-order valence-corrected chi connectivity index (χ3v) is 23.1. The van der Waals surface area contributed by atoms with Crippen LogP contribution >= 0.6 is 0 Å². The Balaban J connectivity index is 0.832.